The molecule has 0 heterocycles. The van der Waals surface area contributed by atoms with Crippen molar-refractivity contribution in [1.29, 1.82) is 0 Å². The SMILES string of the molecule is COc1cc(F)c(C(C)C)cc1B(N=O)N=O. The second-order valence-electron chi connectivity index (χ2n) is 3.85. The normalized spacial score (nSPS) is 10.2. The van der Waals surface area contributed by atoms with E-state index in [0.29, 0.717) is 5.56 Å². The molecule has 0 N–H and O–H groups in total. The van der Waals surface area contributed by atoms with Gasteiger partial charge in [-0.3, -0.25) is 0 Å². The molecule has 0 radical (unpaired) electrons. The van der Waals surface area contributed by atoms with E-state index in [1.807, 2.05) is 0 Å². The minimum absolute atomic E-state index is 0.0846. The van der Waals surface area contributed by atoms with E-state index in [4.69, 9.17) is 4.74 Å². The fraction of sp³-hybridized carbons (Fsp3) is 0.400. The Morgan fingerprint density at radius 3 is 2.29 bits per heavy atom. The van der Waals surface area contributed by atoms with Crippen LogP contribution in [0.25, 0.3) is 0 Å². The van der Waals surface area contributed by atoms with Gasteiger partial charge in [-0.1, -0.05) is 30.1 Å². The Labute approximate surface area is 98.4 Å². The highest BCUT2D eigenvalue weighted by Gasteiger charge is 2.27. The largest absolute Gasteiger partial charge is 0.552 e. The van der Waals surface area contributed by atoms with Crippen molar-refractivity contribution in [3.63, 3.8) is 0 Å². The van der Waals surface area contributed by atoms with E-state index in [1.54, 1.807) is 13.8 Å². The highest BCUT2D eigenvalue weighted by atomic mass is 19.1. The van der Waals surface area contributed by atoms with Gasteiger partial charge in [0.15, 0.2) is 0 Å². The van der Waals surface area contributed by atoms with Crippen LogP contribution in [-0.2, 0) is 0 Å². The Kier molecular flexibility index (Phi) is 4.31. The molecule has 17 heavy (non-hydrogen) atoms. The van der Waals surface area contributed by atoms with Crippen LogP contribution in [0.5, 0.6) is 5.75 Å². The summed E-state index contributed by atoms with van der Waals surface area (Å²) in [6, 6.07) is 2.53. The summed E-state index contributed by atoms with van der Waals surface area (Å²) in [5.74, 6) is -0.439. The van der Waals surface area contributed by atoms with Gasteiger partial charge in [-0.15, -0.1) is 0 Å². The fourth-order valence-corrected chi connectivity index (χ4v) is 1.54. The lowest BCUT2D eigenvalue weighted by molar-refractivity contribution is 0.413. The monoisotopic (exact) mass is 238 g/mol. The third-order valence-electron chi connectivity index (χ3n) is 2.45. The van der Waals surface area contributed by atoms with E-state index >= 15 is 0 Å². The van der Waals surface area contributed by atoms with Crippen molar-refractivity contribution in [1.82, 2.24) is 0 Å². The number of nitrogens with zero attached hydrogens (tertiary/aromatic N) is 2. The van der Waals surface area contributed by atoms with Gasteiger partial charge in [0.25, 0.3) is 0 Å². The zero-order chi connectivity index (χ0) is 13.0. The Balaban J connectivity index is 3.40. The molecule has 1 aromatic rings. The molecule has 0 fully saturated rings. The van der Waals surface area contributed by atoms with Crippen molar-refractivity contribution >= 4 is 12.4 Å². The molecular weight excluding hydrogens is 226 g/mol. The van der Waals surface area contributed by atoms with E-state index in [2.05, 4.69) is 10.2 Å². The summed E-state index contributed by atoms with van der Waals surface area (Å²) in [5, 5.41) is 5.17. The number of ether oxygens (including phenoxy) is 1. The van der Waals surface area contributed by atoms with Crippen LogP contribution in [0.15, 0.2) is 22.3 Å². The Bertz CT molecular complexity index is 432. The summed E-state index contributed by atoms with van der Waals surface area (Å²) >= 11 is 0. The Morgan fingerprint density at radius 1 is 1.29 bits per heavy atom. The topological polar surface area (TPSA) is 68.1 Å². The molecule has 0 aliphatic carbocycles. The Hall–Kier alpha value is -1.79. The summed E-state index contributed by atoms with van der Waals surface area (Å²) in [5.41, 5.74) is 0.570. The van der Waals surface area contributed by atoms with Crippen molar-refractivity contribution < 1.29 is 9.13 Å². The predicted molar refractivity (Wildman–Crippen MR) is 64.0 cm³/mol. The predicted octanol–water partition coefficient (Wildman–Crippen LogP) is 2.19. The molecule has 7 heteroatoms. The number of hydrogen-bond donors (Lipinski definition) is 0. The van der Waals surface area contributed by atoms with Crippen molar-refractivity contribution in [2.75, 3.05) is 7.11 Å². The summed E-state index contributed by atoms with van der Waals surface area (Å²) in [6.45, 7) is 2.18. The number of methoxy groups -OCH3 is 1. The summed E-state index contributed by atoms with van der Waals surface area (Å²) in [4.78, 5) is 21.0. The molecule has 0 unspecified atom stereocenters. The minimum Gasteiger partial charge on any atom is -0.497 e. The van der Waals surface area contributed by atoms with Crippen molar-refractivity contribution in [3.05, 3.63) is 33.3 Å². The molecule has 0 atom stereocenters. The zero-order valence-electron chi connectivity index (χ0n) is 9.81. The molecule has 0 aliphatic rings. The van der Waals surface area contributed by atoms with Gasteiger partial charge in [-0.25, -0.2) is 4.39 Å². The molecule has 0 bridgehead atoms. The van der Waals surface area contributed by atoms with Crippen LogP contribution in [0.3, 0.4) is 0 Å². The second kappa shape index (κ2) is 5.52. The first-order valence-corrected chi connectivity index (χ1v) is 5.07. The zero-order valence-corrected chi connectivity index (χ0v) is 9.81. The number of benzene rings is 1. The van der Waals surface area contributed by atoms with Gasteiger partial charge in [0, 0.05) is 11.5 Å². The van der Waals surface area contributed by atoms with Gasteiger partial charge in [0.1, 0.15) is 11.6 Å². The molecule has 1 rings (SSSR count). The quantitative estimate of drug-likeness (QED) is 0.583. The molecular formula is C10H12BFN2O3. The molecule has 0 aliphatic heterocycles. The molecule has 0 amide bonds. The van der Waals surface area contributed by atoms with Crippen LogP contribution in [0.2, 0.25) is 0 Å². The number of halogens is 1. The van der Waals surface area contributed by atoms with E-state index in [1.165, 1.54) is 13.2 Å². The van der Waals surface area contributed by atoms with Gasteiger partial charge in [0.05, 0.1) is 7.11 Å². The maximum absolute atomic E-state index is 13.6. The first kappa shape index (κ1) is 13.3. The molecule has 0 saturated carbocycles. The fourth-order valence-electron chi connectivity index (χ4n) is 1.54. The van der Waals surface area contributed by atoms with Gasteiger partial charge in [0.2, 0.25) is 0 Å². The van der Waals surface area contributed by atoms with Crippen molar-refractivity contribution in [3.8, 4) is 5.75 Å². The molecule has 1 aromatic carbocycles. The minimum atomic E-state index is -1.41. The highest BCUT2D eigenvalue weighted by Crippen LogP contribution is 2.22. The van der Waals surface area contributed by atoms with Crippen LogP contribution in [0, 0.1) is 15.6 Å². The first-order valence-electron chi connectivity index (χ1n) is 5.07. The highest BCUT2D eigenvalue weighted by molar-refractivity contribution is 6.70. The van der Waals surface area contributed by atoms with Gasteiger partial charge in [-0.05, 0) is 11.5 Å². The summed E-state index contributed by atoms with van der Waals surface area (Å²) in [7, 11) is 1.32. The molecule has 0 aromatic heterocycles. The standard InChI is InChI=1S/C10H12BFN2O3/c1-6(2)7-4-8(11(13-15)14-16)10(17-3)5-9(7)12/h4-6H,1-3H3. The first-order chi connectivity index (χ1) is 8.04. The average molecular weight is 238 g/mol. The molecule has 0 spiro atoms. The average Bonchev–Trinajstić information content (AvgIpc) is 2.31. The smallest absolute Gasteiger partial charge is 0.497 e. The van der Waals surface area contributed by atoms with Crippen LogP contribution in [-0.4, -0.2) is 14.1 Å². The van der Waals surface area contributed by atoms with Gasteiger partial charge in [-0.2, -0.15) is 9.81 Å². The Morgan fingerprint density at radius 2 is 1.88 bits per heavy atom. The van der Waals surface area contributed by atoms with Crippen LogP contribution >= 0.6 is 0 Å². The second-order valence-corrected chi connectivity index (χ2v) is 3.85. The van der Waals surface area contributed by atoms with E-state index in [0.717, 1.165) is 6.07 Å². The third-order valence-corrected chi connectivity index (χ3v) is 2.45. The van der Waals surface area contributed by atoms with Crippen LogP contribution < -0.4 is 10.2 Å². The van der Waals surface area contributed by atoms with E-state index < -0.39 is 12.8 Å². The summed E-state index contributed by atoms with van der Waals surface area (Å²) in [6.07, 6.45) is 0. The van der Waals surface area contributed by atoms with E-state index in [-0.39, 0.29) is 17.1 Å². The lowest BCUT2D eigenvalue weighted by Crippen LogP contribution is -2.28. The maximum atomic E-state index is 13.6. The number of rotatable bonds is 5. The molecule has 5 nitrogen and oxygen atoms in total. The van der Waals surface area contributed by atoms with Gasteiger partial charge >= 0.3 is 6.98 Å². The molecule has 90 valence electrons. The maximum Gasteiger partial charge on any atom is 0.552 e. The number of nitroso groups, excluding NO2 is 2. The summed E-state index contributed by atoms with van der Waals surface area (Å²) < 4.78 is 18.5. The molecule has 0 saturated heterocycles. The third kappa shape index (κ3) is 2.66. The van der Waals surface area contributed by atoms with Crippen LogP contribution in [0.4, 0.5) is 4.39 Å². The van der Waals surface area contributed by atoms with E-state index in [9.17, 15) is 14.2 Å². The lowest BCUT2D eigenvalue weighted by atomic mass is 9.69. The lowest BCUT2D eigenvalue weighted by Gasteiger charge is -2.12. The van der Waals surface area contributed by atoms with Crippen LogP contribution in [0.1, 0.15) is 25.3 Å². The van der Waals surface area contributed by atoms with Crippen molar-refractivity contribution in [2.45, 2.75) is 19.8 Å². The number of hydrogen-bond acceptors (Lipinski definition) is 5. The van der Waals surface area contributed by atoms with Crippen molar-refractivity contribution in [2.24, 2.45) is 10.2 Å². The van der Waals surface area contributed by atoms with Gasteiger partial charge < -0.3 is 4.74 Å².